The normalized spacial score (nSPS) is 22.9. The fourth-order valence-electron chi connectivity index (χ4n) is 3.65. The highest BCUT2D eigenvalue weighted by Crippen LogP contribution is 2.50. The van der Waals surface area contributed by atoms with Crippen LogP contribution in [0.25, 0.3) is 0 Å². The van der Waals surface area contributed by atoms with E-state index in [4.69, 9.17) is 26.8 Å². The average Bonchev–Trinajstić information content (AvgIpc) is 2.79. The molecule has 1 atom stereocenters. The Hall–Kier alpha value is -2.58. The van der Waals surface area contributed by atoms with E-state index < -0.39 is 18.1 Å². The molecule has 1 aromatic heterocycles. The number of ketones is 1. The number of nitrogens with two attached hydrogens (primary N) is 1. The number of hydrogen-bond acceptors (Lipinski definition) is 6. The van der Waals surface area contributed by atoms with Crippen LogP contribution in [-0.2, 0) is 16.7 Å². The molecule has 9 heteroatoms. The molecule has 0 unspecified atom stereocenters. The summed E-state index contributed by atoms with van der Waals surface area (Å²) in [5.74, 6) is -3.24. The van der Waals surface area contributed by atoms with Crippen LogP contribution in [0.4, 0.5) is 8.78 Å². The van der Waals surface area contributed by atoms with Crippen molar-refractivity contribution in [3.05, 3.63) is 58.4 Å². The number of aromatic nitrogens is 1. The Morgan fingerprint density at radius 3 is 2.86 bits per heavy atom. The fraction of sp³-hybridized carbons (Fsp3) is 0.350. The minimum Gasteiger partial charge on any atom is -0.493 e. The van der Waals surface area contributed by atoms with Gasteiger partial charge < -0.3 is 15.2 Å². The number of aliphatic imine (C=N–C) groups is 1. The van der Waals surface area contributed by atoms with Gasteiger partial charge in [0.15, 0.2) is 11.3 Å². The zero-order valence-corrected chi connectivity index (χ0v) is 16.1. The predicted octanol–water partition coefficient (Wildman–Crippen LogP) is 3.16. The molecule has 152 valence electrons. The van der Waals surface area contributed by atoms with Crippen LogP contribution < -0.4 is 10.5 Å². The van der Waals surface area contributed by atoms with Gasteiger partial charge in [0.1, 0.15) is 30.5 Å². The molecule has 1 spiro atoms. The topological polar surface area (TPSA) is 86.8 Å². The molecule has 0 fully saturated rings. The summed E-state index contributed by atoms with van der Waals surface area (Å²) in [6.07, 6.45) is 1.32. The van der Waals surface area contributed by atoms with Crippen LogP contribution in [-0.4, -0.2) is 42.3 Å². The first-order chi connectivity index (χ1) is 13.8. The average molecular weight is 422 g/mol. The Kier molecular flexibility index (Phi) is 5.00. The molecule has 2 aliphatic heterocycles. The van der Waals surface area contributed by atoms with Gasteiger partial charge in [0.2, 0.25) is 0 Å². The number of nitrogens with zero attached hydrogens (tertiary/aromatic N) is 2. The molecule has 1 aromatic carbocycles. The molecular formula is C20H18ClF2N3O3. The molecule has 0 amide bonds. The lowest BCUT2D eigenvalue weighted by Crippen LogP contribution is -2.49. The van der Waals surface area contributed by atoms with E-state index in [9.17, 15) is 4.79 Å². The highest BCUT2D eigenvalue weighted by atomic mass is 35.5. The second kappa shape index (κ2) is 7.35. The number of carbonyl (C=O) groups is 1. The van der Waals surface area contributed by atoms with Gasteiger partial charge in [-0.15, -0.1) is 0 Å². The Bertz CT molecular complexity index is 981. The highest BCUT2D eigenvalue weighted by molar-refractivity contribution is 6.30. The SMILES string of the molecule is NC1=N[C@@]2(CCOc3ccc(CC(=O)c4ccc(Cl)cn4)cc32)C(F)(F)COC1. The van der Waals surface area contributed by atoms with Crippen molar-refractivity contribution in [2.24, 2.45) is 10.7 Å². The number of carbonyl (C=O) groups excluding carboxylic acids is 1. The summed E-state index contributed by atoms with van der Waals surface area (Å²) in [6.45, 7) is -0.880. The van der Waals surface area contributed by atoms with Crippen LogP contribution in [0.5, 0.6) is 5.75 Å². The Morgan fingerprint density at radius 1 is 1.28 bits per heavy atom. The first-order valence-corrected chi connectivity index (χ1v) is 9.39. The maximum absolute atomic E-state index is 15.1. The lowest BCUT2D eigenvalue weighted by molar-refractivity contribution is -0.129. The molecule has 0 bridgehead atoms. The summed E-state index contributed by atoms with van der Waals surface area (Å²) < 4.78 is 40.8. The fourth-order valence-corrected chi connectivity index (χ4v) is 3.77. The van der Waals surface area contributed by atoms with Crippen LogP contribution in [0.2, 0.25) is 5.02 Å². The number of alkyl halides is 2. The molecule has 3 heterocycles. The molecule has 0 saturated heterocycles. The van der Waals surface area contributed by atoms with E-state index in [0.717, 1.165) is 0 Å². The maximum Gasteiger partial charge on any atom is 0.299 e. The Labute approximate surface area is 170 Å². The zero-order chi connectivity index (χ0) is 20.6. The van der Waals surface area contributed by atoms with E-state index in [0.29, 0.717) is 16.3 Å². The molecule has 2 aliphatic rings. The molecule has 4 rings (SSSR count). The molecule has 2 aromatic rings. The first kappa shape index (κ1) is 19.7. The second-order valence-electron chi connectivity index (χ2n) is 7.05. The van der Waals surface area contributed by atoms with Gasteiger partial charge in [0, 0.05) is 24.6 Å². The lowest BCUT2D eigenvalue weighted by Gasteiger charge is -2.40. The number of rotatable bonds is 3. The molecule has 0 aliphatic carbocycles. The Balaban J connectivity index is 1.73. The number of amidine groups is 1. The number of halogens is 3. The number of Topliss-reactive ketones (excluding diaryl/α,β-unsaturated/α-hetero) is 1. The molecule has 6 nitrogen and oxygen atoms in total. The third-order valence-electron chi connectivity index (χ3n) is 5.06. The first-order valence-electron chi connectivity index (χ1n) is 9.01. The summed E-state index contributed by atoms with van der Waals surface area (Å²) in [4.78, 5) is 20.7. The van der Waals surface area contributed by atoms with Crippen molar-refractivity contribution >= 4 is 23.2 Å². The van der Waals surface area contributed by atoms with Gasteiger partial charge in [-0.05, 0) is 29.8 Å². The van der Waals surface area contributed by atoms with Gasteiger partial charge in [-0.3, -0.25) is 14.8 Å². The lowest BCUT2D eigenvalue weighted by atomic mass is 9.78. The van der Waals surface area contributed by atoms with Crippen LogP contribution in [0.15, 0.2) is 41.5 Å². The summed E-state index contributed by atoms with van der Waals surface area (Å²) in [5.41, 5.74) is 4.91. The van der Waals surface area contributed by atoms with Gasteiger partial charge in [-0.1, -0.05) is 17.7 Å². The van der Waals surface area contributed by atoms with Crippen molar-refractivity contribution in [1.82, 2.24) is 4.98 Å². The van der Waals surface area contributed by atoms with Crippen molar-refractivity contribution in [3.8, 4) is 5.75 Å². The maximum atomic E-state index is 15.1. The zero-order valence-electron chi connectivity index (χ0n) is 15.3. The van der Waals surface area contributed by atoms with Crippen LogP contribution >= 0.6 is 11.6 Å². The second-order valence-corrected chi connectivity index (χ2v) is 7.49. The van der Waals surface area contributed by atoms with E-state index in [1.165, 1.54) is 12.3 Å². The van der Waals surface area contributed by atoms with E-state index in [1.807, 2.05) is 0 Å². The molecule has 29 heavy (non-hydrogen) atoms. The van der Waals surface area contributed by atoms with Gasteiger partial charge in [-0.25, -0.2) is 8.78 Å². The largest absolute Gasteiger partial charge is 0.493 e. The quantitative estimate of drug-likeness (QED) is 0.769. The van der Waals surface area contributed by atoms with Crippen LogP contribution in [0.3, 0.4) is 0 Å². The van der Waals surface area contributed by atoms with Crippen molar-refractivity contribution in [3.63, 3.8) is 0 Å². The molecule has 0 radical (unpaired) electrons. The van der Waals surface area contributed by atoms with Gasteiger partial charge in [0.25, 0.3) is 5.92 Å². The Morgan fingerprint density at radius 2 is 2.10 bits per heavy atom. The molecular weight excluding hydrogens is 404 g/mol. The minimum atomic E-state index is -3.28. The molecule has 0 saturated carbocycles. The number of fused-ring (bicyclic) bond motifs is 2. The van der Waals surface area contributed by atoms with E-state index in [-0.39, 0.29) is 48.9 Å². The summed E-state index contributed by atoms with van der Waals surface area (Å²) in [5, 5.41) is 0.419. The minimum absolute atomic E-state index is 0.00173. The van der Waals surface area contributed by atoms with Gasteiger partial charge >= 0.3 is 0 Å². The predicted molar refractivity (Wildman–Crippen MR) is 103 cm³/mol. The van der Waals surface area contributed by atoms with E-state index in [1.54, 1.807) is 24.3 Å². The third-order valence-corrected chi connectivity index (χ3v) is 5.29. The van der Waals surface area contributed by atoms with E-state index in [2.05, 4.69) is 9.98 Å². The summed E-state index contributed by atoms with van der Waals surface area (Å²) in [7, 11) is 0. The van der Waals surface area contributed by atoms with Gasteiger partial charge in [-0.2, -0.15) is 0 Å². The monoisotopic (exact) mass is 421 g/mol. The van der Waals surface area contributed by atoms with Gasteiger partial charge in [0.05, 0.1) is 11.6 Å². The number of pyridine rings is 1. The smallest absolute Gasteiger partial charge is 0.299 e. The standard InChI is InChI=1S/C20H18ClF2N3O3/c21-13-2-3-15(25-9-13)16(27)8-12-1-4-17-14(7-12)19(5-6-29-17)20(22,23)11-28-10-18(24)26-19/h1-4,7,9H,5-6,8,10-11H2,(H2,24,26)/t19-/m1/s1. The third kappa shape index (κ3) is 3.58. The van der Waals surface area contributed by atoms with Crippen molar-refractivity contribution in [2.45, 2.75) is 24.3 Å². The van der Waals surface area contributed by atoms with Crippen LogP contribution in [0.1, 0.15) is 28.0 Å². The number of ether oxygens (including phenoxy) is 2. The van der Waals surface area contributed by atoms with Crippen molar-refractivity contribution in [1.29, 1.82) is 0 Å². The number of benzene rings is 1. The van der Waals surface area contributed by atoms with E-state index >= 15 is 8.78 Å². The van der Waals surface area contributed by atoms with Crippen molar-refractivity contribution < 1.29 is 23.0 Å². The summed E-state index contributed by atoms with van der Waals surface area (Å²) >= 11 is 5.80. The molecule has 2 N–H and O–H groups in total. The van der Waals surface area contributed by atoms with Crippen LogP contribution in [0, 0.1) is 0 Å². The highest BCUT2D eigenvalue weighted by Gasteiger charge is 2.58. The summed E-state index contributed by atoms with van der Waals surface area (Å²) in [6, 6.07) is 7.89. The number of hydrogen-bond donors (Lipinski definition) is 1. The van der Waals surface area contributed by atoms with Crippen molar-refractivity contribution in [2.75, 3.05) is 19.8 Å².